The first-order valence-electron chi connectivity index (χ1n) is 10.5. The van der Waals surface area contributed by atoms with E-state index in [2.05, 4.69) is 77.6 Å². The van der Waals surface area contributed by atoms with Crippen molar-refractivity contribution >= 4 is 17.3 Å². The summed E-state index contributed by atoms with van der Waals surface area (Å²) < 4.78 is 2.24. The summed E-state index contributed by atoms with van der Waals surface area (Å²) in [6, 6.07) is 12.6. The van der Waals surface area contributed by atoms with Crippen molar-refractivity contribution in [1.82, 2.24) is 24.8 Å². The van der Waals surface area contributed by atoms with E-state index in [1.165, 1.54) is 22.5 Å². The highest BCUT2D eigenvalue weighted by molar-refractivity contribution is 7.80. The molecule has 2 atom stereocenters. The second-order valence-electron chi connectivity index (χ2n) is 8.53. The summed E-state index contributed by atoms with van der Waals surface area (Å²) in [5, 5.41) is 4.34. The van der Waals surface area contributed by atoms with Crippen LogP contribution in [0.15, 0.2) is 48.8 Å². The van der Waals surface area contributed by atoms with Gasteiger partial charge in [0.15, 0.2) is 5.11 Å². The number of hydrogen-bond acceptors (Lipinski definition) is 3. The number of aryl methyl sites for hydroxylation is 2. The van der Waals surface area contributed by atoms with E-state index in [1.54, 1.807) is 0 Å². The molecule has 1 fully saturated rings. The van der Waals surface area contributed by atoms with Crippen LogP contribution in [0.5, 0.6) is 0 Å². The topological polar surface area (TPSA) is 46.0 Å². The third-order valence-electron chi connectivity index (χ3n) is 5.68. The monoisotopic (exact) mass is 419 g/mol. The van der Waals surface area contributed by atoms with E-state index in [4.69, 9.17) is 12.2 Å². The van der Waals surface area contributed by atoms with Gasteiger partial charge in [0, 0.05) is 30.3 Å². The van der Waals surface area contributed by atoms with E-state index >= 15 is 0 Å². The van der Waals surface area contributed by atoms with Crippen LogP contribution in [0.4, 0.5) is 0 Å². The predicted octanol–water partition coefficient (Wildman–Crippen LogP) is 4.82. The lowest BCUT2D eigenvalue weighted by Crippen LogP contribution is -2.33. The highest BCUT2D eigenvalue weighted by Crippen LogP contribution is 2.41. The van der Waals surface area contributed by atoms with Gasteiger partial charge in [-0.05, 0) is 80.4 Å². The lowest BCUT2D eigenvalue weighted by Gasteiger charge is -2.29. The Morgan fingerprint density at radius 1 is 1.07 bits per heavy atom. The molecule has 1 N–H and O–H groups in total. The minimum absolute atomic E-state index is 0.0110. The van der Waals surface area contributed by atoms with E-state index in [-0.39, 0.29) is 12.1 Å². The normalized spacial score (nSPS) is 18.9. The van der Waals surface area contributed by atoms with Crippen molar-refractivity contribution in [3.8, 4) is 5.82 Å². The number of thiocarbonyl (C=S) groups is 1. The largest absolute Gasteiger partial charge is 0.352 e. The first-order valence-corrected chi connectivity index (χ1v) is 10.9. The minimum atomic E-state index is 0.0110. The average Bonchev–Trinajstić information content (AvgIpc) is 3.18. The number of rotatable bonds is 5. The quantitative estimate of drug-likeness (QED) is 0.601. The summed E-state index contributed by atoms with van der Waals surface area (Å²) in [6.45, 7) is 11.8. The Labute approximate surface area is 184 Å². The molecule has 0 saturated carbocycles. The first kappa shape index (κ1) is 20.5. The molecule has 3 aromatic rings. The second kappa shape index (κ2) is 8.19. The molecule has 0 aromatic carbocycles. The smallest absolute Gasteiger partial charge is 0.170 e. The van der Waals surface area contributed by atoms with Gasteiger partial charge in [-0.15, -0.1) is 0 Å². The van der Waals surface area contributed by atoms with Crippen LogP contribution in [-0.2, 0) is 0 Å². The molecule has 1 saturated heterocycles. The van der Waals surface area contributed by atoms with Crippen molar-refractivity contribution in [1.29, 1.82) is 0 Å². The van der Waals surface area contributed by atoms with Crippen molar-refractivity contribution in [2.24, 2.45) is 5.92 Å². The number of aromatic nitrogens is 3. The molecule has 30 heavy (non-hydrogen) atoms. The summed E-state index contributed by atoms with van der Waals surface area (Å²) >= 11 is 5.77. The molecule has 6 heteroatoms. The standard InChI is InChI=1S/C24H29N5S/c1-15(2)14-28-23(22(27-24(28)30)20-8-6-7-10-25-20)19-13-17(4)29(18(19)5)21-12-16(3)9-11-26-21/h6-13,15,22-23H,14H2,1-5H3,(H,27,30)/t22-,23-/m0/s1. The predicted molar refractivity (Wildman–Crippen MR) is 125 cm³/mol. The molecule has 1 aliphatic rings. The Morgan fingerprint density at radius 3 is 2.53 bits per heavy atom. The molecule has 0 bridgehead atoms. The molecular weight excluding hydrogens is 390 g/mol. The average molecular weight is 420 g/mol. The molecule has 4 heterocycles. The molecule has 0 amide bonds. The lowest BCUT2D eigenvalue weighted by molar-refractivity contribution is 0.287. The van der Waals surface area contributed by atoms with Gasteiger partial charge in [0.05, 0.1) is 17.8 Å². The molecule has 0 unspecified atom stereocenters. The zero-order chi connectivity index (χ0) is 21.4. The van der Waals surface area contributed by atoms with Crippen LogP contribution < -0.4 is 5.32 Å². The van der Waals surface area contributed by atoms with Crippen molar-refractivity contribution < 1.29 is 0 Å². The van der Waals surface area contributed by atoms with Crippen LogP contribution in [0.3, 0.4) is 0 Å². The Kier molecular flexibility index (Phi) is 5.60. The molecular formula is C24H29N5S. The maximum absolute atomic E-state index is 5.77. The second-order valence-corrected chi connectivity index (χ2v) is 8.91. The molecule has 156 valence electrons. The van der Waals surface area contributed by atoms with Gasteiger partial charge in [0.25, 0.3) is 0 Å². The summed E-state index contributed by atoms with van der Waals surface area (Å²) in [7, 11) is 0. The summed E-state index contributed by atoms with van der Waals surface area (Å²) in [5.74, 6) is 1.45. The maximum Gasteiger partial charge on any atom is 0.170 e. The third kappa shape index (κ3) is 3.72. The number of pyridine rings is 2. The zero-order valence-electron chi connectivity index (χ0n) is 18.3. The highest BCUT2D eigenvalue weighted by Gasteiger charge is 2.41. The molecule has 0 radical (unpaired) electrons. The summed E-state index contributed by atoms with van der Waals surface area (Å²) in [4.78, 5) is 11.6. The number of nitrogens with zero attached hydrogens (tertiary/aromatic N) is 4. The van der Waals surface area contributed by atoms with E-state index < -0.39 is 0 Å². The zero-order valence-corrected chi connectivity index (χ0v) is 19.1. The van der Waals surface area contributed by atoms with Crippen LogP contribution in [0.2, 0.25) is 0 Å². The van der Waals surface area contributed by atoms with Crippen LogP contribution in [-0.4, -0.2) is 31.1 Å². The van der Waals surface area contributed by atoms with Gasteiger partial charge in [-0.3, -0.25) is 4.98 Å². The van der Waals surface area contributed by atoms with Crippen molar-refractivity contribution in [2.75, 3.05) is 6.54 Å². The molecule has 0 spiro atoms. The first-order chi connectivity index (χ1) is 14.4. The number of hydrogen-bond donors (Lipinski definition) is 1. The van der Waals surface area contributed by atoms with Gasteiger partial charge in [-0.25, -0.2) is 4.98 Å². The summed E-state index contributed by atoms with van der Waals surface area (Å²) in [5.41, 5.74) is 5.83. The van der Waals surface area contributed by atoms with Gasteiger partial charge < -0.3 is 14.8 Å². The van der Waals surface area contributed by atoms with E-state index in [9.17, 15) is 0 Å². The Balaban J connectivity index is 1.84. The van der Waals surface area contributed by atoms with Gasteiger partial charge in [-0.1, -0.05) is 19.9 Å². The molecule has 3 aromatic heterocycles. The SMILES string of the molecule is Cc1ccnc(-n2c(C)cc([C@H]3[C@H](c4ccccn4)NC(=S)N3CC(C)C)c2C)c1. The van der Waals surface area contributed by atoms with Crippen molar-refractivity contribution in [3.05, 3.63) is 77.0 Å². The van der Waals surface area contributed by atoms with Crippen LogP contribution >= 0.6 is 12.2 Å². The van der Waals surface area contributed by atoms with Crippen molar-refractivity contribution in [3.63, 3.8) is 0 Å². The van der Waals surface area contributed by atoms with Gasteiger partial charge in [0.2, 0.25) is 0 Å². The number of nitrogens with one attached hydrogen (secondary N) is 1. The fraction of sp³-hybridized carbons (Fsp3) is 0.375. The van der Waals surface area contributed by atoms with Crippen LogP contribution in [0, 0.1) is 26.7 Å². The summed E-state index contributed by atoms with van der Waals surface area (Å²) in [6.07, 6.45) is 3.72. The van der Waals surface area contributed by atoms with Crippen LogP contribution in [0.1, 0.15) is 54.1 Å². The van der Waals surface area contributed by atoms with E-state index in [0.29, 0.717) is 5.92 Å². The minimum Gasteiger partial charge on any atom is -0.352 e. The van der Waals surface area contributed by atoms with Crippen molar-refractivity contribution in [2.45, 2.75) is 46.7 Å². The molecule has 5 nitrogen and oxygen atoms in total. The van der Waals surface area contributed by atoms with Crippen LogP contribution in [0.25, 0.3) is 5.82 Å². The Bertz CT molecular complexity index is 1060. The Hall–Kier alpha value is -2.73. The highest BCUT2D eigenvalue weighted by atomic mass is 32.1. The third-order valence-corrected chi connectivity index (χ3v) is 6.03. The van der Waals surface area contributed by atoms with E-state index in [1.807, 2.05) is 30.6 Å². The van der Waals surface area contributed by atoms with Gasteiger partial charge in [0.1, 0.15) is 5.82 Å². The van der Waals surface area contributed by atoms with Gasteiger partial charge in [-0.2, -0.15) is 0 Å². The van der Waals surface area contributed by atoms with E-state index in [0.717, 1.165) is 23.2 Å². The maximum atomic E-state index is 5.77. The lowest BCUT2D eigenvalue weighted by atomic mass is 9.96. The van der Waals surface area contributed by atoms with Gasteiger partial charge >= 0.3 is 0 Å². The molecule has 0 aliphatic carbocycles. The fourth-order valence-electron chi connectivity index (χ4n) is 4.42. The fourth-order valence-corrected chi connectivity index (χ4v) is 4.73. The molecule has 1 aliphatic heterocycles. The Morgan fingerprint density at radius 2 is 1.87 bits per heavy atom. The molecule has 4 rings (SSSR count).